The molecule has 33 heavy (non-hydrogen) atoms. The van der Waals surface area contributed by atoms with Crippen LogP contribution >= 0.6 is 0 Å². The van der Waals surface area contributed by atoms with Crippen LogP contribution in [0.5, 0.6) is 0 Å². The smallest absolute Gasteiger partial charge is 0.340 e. The van der Waals surface area contributed by atoms with Crippen molar-refractivity contribution in [3.8, 4) is 11.1 Å². The average Bonchev–Trinajstić information content (AvgIpc) is 2.79. The predicted molar refractivity (Wildman–Crippen MR) is 119 cm³/mol. The predicted octanol–water partition coefficient (Wildman–Crippen LogP) is 4.60. The van der Waals surface area contributed by atoms with Gasteiger partial charge in [0.25, 0.3) is 10.0 Å². The highest BCUT2D eigenvalue weighted by Gasteiger charge is 2.21. The van der Waals surface area contributed by atoms with Crippen molar-refractivity contribution in [1.82, 2.24) is 9.97 Å². The van der Waals surface area contributed by atoms with Gasteiger partial charge in [0.2, 0.25) is 0 Å². The number of methoxy groups -OCH3 is 1. The molecular weight excluding hydrogens is 452 g/mol. The fourth-order valence-corrected chi connectivity index (χ4v) is 4.03. The minimum atomic E-state index is -4.22. The molecule has 1 aromatic heterocycles. The third-order valence-electron chi connectivity index (χ3n) is 4.85. The Kier molecular flexibility index (Phi) is 7.37. The molecule has 0 amide bonds. The lowest BCUT2D eigenvalue weighted by Gasteiger charge is -2.11. The average molecular weight is 476 g/mol. The topological polar surface area (TPSA) is 98.2 Å². The first-order valence-corrected chi connectivity index (χ1v) is 11.6. The quantitative estimate of drug-likeness (QED) is 0.478. The van der Waals surface area contributed by atoms with E-state index in [2.05, 4.69) is 28.6 Å². The Morgan fingerprint density at radius 3 is 2.24 bits per heavy atom. The molecular formula is C23H23F2N3O4S. The van der Waals surface area contributed by atoms with Crippen molar-refractivity contribution >= 4 is 21.7 Å². The highest BCUT2D eigenvalue weighted by Crippen LogP contribution is 2.25. The van der Waals surface area contributed by atoms with Crippen molar-refractivity contribution in [3.05, 3.63) is 71.8 Å². The molecule has 0 aliphatic rings. The molecule has 0 saturated carbocycles. The van der Waals surface area contributed by atoms with Gasteiger partial charge in [-0.25, -0.2) is 32.0 Å². The number of carbonyl (C=O) groups excluding carboxylic acids is 1. The van der Waals surface area contributed by atoms with Gasteiger partial charge in [-0.1, -0.05) is 26.0 Å². The van der Waals surface area contributed by atoms with Crippen LogP contribution in [0, 0.1) is 17.6 Å². The Hall–Kier alpha value is -3.40. The number of hydrogen-bond acceptors (Lipinski definition) is 6. The number of sulfonamides is 1. The van der Waals surface area contributed by atoms with E-state index in [0.29, 0.717) is 29.2 Å². The number of benzene rings is 2. The van der Waals surface area contributed by atoms with Gasteiger partial charge in [0, 0.05) is 30.4 Å². The zero-order valence-corrected chi connectivity index (χ0v) is 19.1. The molecule has 3 rings (SSSR count). The second-order valence-corrected chi connectivity index (χ2v) is 9.44. The van der Waals surface area contributed by atoms with Crippen LogP contribution in [0.15, 0.2) is 53.7 Å². The summed E-state index contributed by atoms with van der Waals surface area (Å²) in [4.78, 5) is 20.0. The van der Waals surface area contributed by atoms with Crippen LogP contribution in [-0.4, -0.2) is 31.5 Å². The largest absolute Gasteiger partial charge is 0.465 e. The van der Waals surface area contributed by atoms with Crippen molar-refractivity contribution in [2.75, 3.05) is 11.8 Å². The van der Waals surface area contributed by atoms with Gasteiger partial charge in [0.15, 0.2) is 0 Å². The van der Waals surface area contributed by atoms with Crippen molar-refractivity contribution in [1.29, 1.82) is 0 Å². The van der Waals surface area contributed by atoms with E-state index >= 15 is 0 Å². The first-order valence-electron chi connectivity index (χ1n) is 10.1. The standard InChI is InChI=1S/C23H23F2N3O4S/c1-14(2)4-9-22-26-12-16(13-27-22)15-5-7-17(8-6-15)33(30,31)28-21-11-19(24)18(10-20(21)25)23(29)32-3/h5-8,10-14,28H,4,9H2,1-3H3. The number of nitrogens with zero attached hydrogens (tertiary/aromatic N) is 2. The van der Waals surface area contributed by atoms with E-state index in [1.54, 1.807) is 24.5 Å². The van der Waals surface area contributed by atoms with Crippen molar-refractivity contribution in [2.24, 2.45) is 5.92 Å². The van der Waals surface area contributed by atoms with Crippen LogP contribution in [0.25, 0.3) is 11.1 Å². The number of hydrogen-bond donors (Lipinski definition) is 1. The number of carbonyl (C=O) groups is 1. The number of aromatic nitrogens is 2. The monoisotopic (exact) mass is 475 g/mol. The summed E-state index contributed by atoms with van der Waals surface area (Å²) in [6, 6.07) is 6.97. The van der Waals surface area contributed by atoms with Gasteiger partial charge in [-0.15, -0.1) is 0 Å². The summed E-state index contributed by atoms with van der Waals surface area (Å²) in [5.74, 6) is -2.02. The molecule has 2 aromatic carbocycles. The van der Waals surface area contributed by atoms with E-state index in [9.17, 15) is 22.0 Å². The number of nitrogens with one attached hydrogen (secondary N) is 1. The Balaban J connectivity index is 1.77. The molecule has 1 N–H and O–H groups in total. The Bertz CT molecular complexity index is 1250. The Labute approximate surface area is 190 Å². The Morgan fingerprint density at radius 1 is 1.03 bits per heavy atom. The molecule has 0 unspecified atom stereocenters. The summed E-state index contributed by atoms with van der Waals surface area (Å²) in [6.07, 6.45) is 5.10. The molecule has 3 aromatic rings. The van der Waals surface area contributed by atoms with Gasteiger partial charge < -0.3 is 4.74 Å². The maximum atomic E-state index is 14.3. The molecule has 0 spiro atoms. The summed E-state index contributed by atoms with van der Waals surface area (Å²) in [5, 5.41) is 0. The number of ether oxygens (including phenoxy) is 1. The third kappa shape index (κ3) is 5.89. The fraction of sp³-hybridized carbons (Fsp3) is 0.261. The molecule has 1 heterocycles. The van der Waals surface area contributed by atoms with Crippen LogP contribution in [0.1, 0.15) is 36.5 Å². The van der Waals surface area contributed by atoms with E-state index < -0.39 is 38.9 Å². The highest BCUT2D eigenvalue weighted by atomic mass is 32.2. The summed E-state index contributed by atoms with van der Waals surface area (Å²) < 4.78 is 60.0. The fourth-order valence-electron chi connectivity index (χ4n) is 2.97. The molecule has 0 radical (unpaired) electrons. The van der Waals surface area contributed by atoms with Crippen LogP contribution in [0.4, 0.5) is 14.5 Å². The van der Waals surface area contributed by atoms with Crippen molar-refractivity contribution in [2.45, 2.75) is 31.6 Å². The van der Waals surface area contributed by atoms with Crippen LogP contribution < -0.4 is 4.72 Å². The van der Waals surface area contributed by atoms with E-state index in [1.807, 2.05) is 4.72 Å². The van der Waals surface area contributed by atoms with Crippen LogP contribution in [0.2, 0.25) is 0 Å². The summed E-state index contributed by atoms with van der Waals surface area (Å²) in [6.45, 7) is 4.25. The van der Waals surface area contributed by atoms with E-state index in [0.717, 1.165) is 25.8 Å². The molecule has 0 atom stereocenters. The Morgan fingerprint density at radius 2 is 1.67 bits per heavy atom. The lowest BCUT2D eigenvalue weighted by Crippen LogP contribution is -2.15. The molecule has 10 heteroatoms. The van der Waals surface area contributed by atoms with Crippen molar-refractivity contribution in [3.63, 3.8) is 0 Å². The van der Waals surface area contributed by atoms with Crippen LogP contribution in [0.3, 0.4) is 0 Å². The normalized spacial score (nSPS) is 11.5. The minimum absolute atomic E-state index is 0.155. The number of rotatable bonds is 8. The van der Waals surface area contributed by atoms with Gasteiger partial charge >= 0.3 is 5.97 Å². The number of anilines is 1. The summed E-state index contributed by atoms with van der Waals surface area (Å²) in [5.41, 5.74) is 0.144. The second-order valence-electron chi connectivity index (χ2n) is 7.75. The number of aryl methyl sites for hydroxylation is 1. The zero-order chi connectivity index (χ0) is 24.2. The molecule has 0 fully saturated rings. The highest BCUT2D eigenvalue weighted by molar-refractivity contribution is 7.92. The van der Waals surface area contributed by atoms with Gasteiger partial charge in [-0.05, 0) is 36.1 Å². The minimum Gasteiger partial charge on any atom is -0.465 e. The van der Waals surface area contributed by atoms with Gasteiger partial charge in [-0.2, -0.15) is 0 Å². The maximum absolute atomic E-state index is 14.3. The summed E-state index contributed by atoms with van der Waals surface area (Å²) in [7, 11) is -3.20. The first kappa shape index (κ1) is 24.2. The maximum Gasteiger partial charge on any atom is 0.340 e. The molecule has 0 saturated heterocycles. The number of esters is 1. The third-order valence-corrected chi connectivity index (χ3v) is 6.24. The first-order chi connectivity index (χ1) is 15.6. The van der Waals surface area contributed by atoms with Crippen LogP contribution in [-0.2, 0) is 21.2 Å². The van der Waals surface area contributed by atoms with Gasteiger partial charge in [-0.3, -0.25) is 4.72 Å². The second kappa shape index (κ2) is 10.0. The van der Waals surface area contributed by atoms with Gasteiger partial charge in [0.05, 0.1) is 23.3 Å². The van der Waals surface area contributed by atoms with E-state index in [-0.39, 0.29) is 4.90 Å². The molecule has 174 valence electrons. The molecule has 0 bridgehead atoms. The number of halogens is 2. The van der Waals surface area contributed by atoms with E-state index in [1.165, 1.54) is 12.1 Å². The lowest BCUT2D eigenvalue weighted by molar-refractivity contribution is 0.0595. The lowest BCUT2D eigenvalue weighted by atomic mass is 10.1. The van der Waals surface area contributed by atoms with E-state index in [4.69, 9.17) is 0 Å². The van der Waals surface area contributed by atoms with Crippen molar-refractivity contribution < 1.29 is 26.7 Å². The zero-order valence-electron chi connectivity index (χ0n) is 18.3. The van der Waals surface area contributed by atoms with Gasteiger partial charge in [0.1, 0.15) is 17.5 Å². The SMILES string of the molecule is COC(=O)c1cc(F)c(NS(=O)(=O)c2ccc(-c3cnc(CCC(C)C)nc3)cc2)cc1F. The molecule has 7 nitrogen and oxygen atoms in total. The molecule has 0 aliphatic carbocycles. The molecule has 0 aliphatic heterocycles. The summed E-state index contributed by atoms with van der Waals surface area (Å²) >= 11 is 0.